The van der Waals surface area contributed by atoms with Crippen LogP contribution in [-0.4, -0.2) is 58.9 Å². The summed E-state index contributed by atoms with van der Waals surface area (Å²) >= 11 is 0. The number of unbranched alkanes of at least 4 members (excludes halogenated alkanes) is 8. The van der Waals surface area contributed by atoms with Crippen LogP contribution < -0.4 is 0 Å². The standard InChI is InChI=1S/C24H42O6/c1-2-3-4-5-6-7-8-9-10-11-12-13-14-15-16-17-22(27)30-21(18-25)24-23(28)20(26)19-29-24/h6-7,9-10,20-21,23-26,28H,2-5,8,11-19H2,1H3/t20-,21+,23+,24+/m0/s1. The first-order valence-electron chi connectivity index (χ1n) is 11.7. The van der Waals surface area contributed by atoms with E-state index in [0.29, 0.717) is 0 Å². The lowest BCUT2D eigenvalue weighted by Crippen LogP contribution is -2.43. The lowest BCUT2D eigenvalue weighted by molar-refractivity contribution is -0.162. The highest BCUT2D eigenvalue weighted by atomic mass is 16.6. The van der Waals surface area contributed by atoms with E-state index in [0.717, 1.165) is 44.9 Å². The van der Waals surface area contributed by atoms with Crippen molar-refractivity contribution >= 4 is 5.97 Å². The van der Waals surface area contributed by atoms with E-state index in [9.17, 15) is 20.1 Å². The lowest BCUT2D eigenvalue weighted by atomic mass is 10.1. The van der Waals surface area contributed by atoms with Gasteiger partial charge in [0.2, 0.25) is 0 Å². The molecule has 6 heteroatoms. The average molecular weight is 427 g/mol. The van der Waals surface area contributed by atoms with Crippen molar-refractivity contribution in [2.75, 3.05) is 13.2 Å². The first-order valence-corrected chi connectivity index (χ1v) is 11.7. The van der Waals surface area contributed by atoms with Gasteiger partial charge in [0.1, 0.15) is 18.3 Å². The van der Waals surface area contributed by atoms with Crippen LogP contribution >= 0.6 is 0 Å². The molecule has 0 bridgehead atoms. The van der Waals surface area contributed by atoms with Gasteiger partial charge >= 0.3 is 5.97 Å². The molecule has 0 saturated carbocycles. The summed E-state index contributed by atoms with van der Waals surface area (Å²) in [6, 6.07) is 0. The number of esters is 1. The second-order valence-corrected chi connectivity index (χ2v) is 8.05. The smallest absolute Gasteiger partial charge is 0.306 e. The maximum atomic E-state index is 11.9. The maximum absolute atomic E-state index is 11.9. The van der Waals surface area contributed by atoms with Gasteiger partial charge in [0.05, 0.1) is 13.2 Å². The Hall–Kier alpha value is -1.21. The number of allylic oxidation sites excluding steroid dienone is 4. The van der Waals surface area contributed by atoms with E-state index in [1.165, 1.54) is 25.7 Å². The summed E-state index contributed by atoms with van der Waals surface area (Å²) < 4.78 is 10.4. The fourth-order valence-corrected chi connectivity index (χ4v) is 3.47. The van der Waals surface area contributed by atoms with E-state index in [4.69, 9.17) is 9.47 Å². The van der Waals surface area contributed by atoms with E-state index in [2.05, 4.69) is 31.2 Å². The molecule has 0 aromatic carbocycles. The van der Waals surface area contributed by atoms with Crippen LogP contribution in [0.4, 0.5) is 0 Å². The minimum absolute atomic E-state index is 0.0230. The van der Waals surface area contributed by atoms with Gasteiger partial charge in [-0.15, -0.1) is 0 Å². The van der Waals surface area contributed by atoms with Crippen molar-refractivity contribution in [1.82, 2.24) is 0 Å². The van der Waals surface area contributed by atoms with Gasteiger partial charge in [-0.3, -0.25) is 4.79 Å². The molecule has 0 aromatic heterocycles. The maximum Gasteiger partial charge on any atom is 0.306 e. The Morgan fingerprint density at radius 2 is 1.63 bits per heavy atom. The van der Waals surface area contributed by atoms with Crippen molar-refractivity contribution in [2.45, 2.75) is 108 Å². The highest BCUT2D eigenvalue weighted by molar-refractivity contribution is 5.69. The van der Waals surface area contributed by atoms with E-state index < -0.39 is 37.0 Å². The van der Waals surface area contributed by atoms with E-state index in [-0.39, 0.29) is 13.0 Å². The number of carbonyl (C=O) groups is 1. The Morgan fingerprint density at radius 3 is 2.23 bits per heavy atom. The van der Waals surface area contributed by atoms with E-state index in [1.807, 2.05) is 0 Å². The van der Waals surface area contributed by atoms with Crippen molar-refractivity contribution in [3.8, 4) is 0 Å². The van der Waals surface area contributed by atoms with Crippen LogP contribution in [0.25, 0.3) is 0 Å². The molecule has 1 aliphatic heterocycles. The molecule has 0 radical (unpaired) electrons. The van der Waals surface area contributed by atoms with Crippen LogP contribution in [0.15, 0.2) is 24.3 Å². The van der Waals surface area contributed by atoms with Crippen molar-refractivity contribution in [3.05, 3.63) is 24.3 Å². The summed E-state index contributed by atoms with van der Waals surface area (Å²) in [5.41, 5.74) is 0. The molecule has 6 nitrogen and oxygen atoms in total. The van der Waals surface area contributed by atoms with Gasteiger partial charge in [0.25, 0.3) is 0 Å². The summed E-state index contributed by atoms with van der Waals surface area (Å²) in [5, 5.41) is 28.7. The summed E-state index contributed by atoms with van der Waals surface area (Å²) in [6.07, 6.45) is 17.6. The first kappa shape index (κ1) is 26.8. The summed E-state index contributed by atoms with van der Waals surface area (Å²) in [7, 11) is 0. The molecule has 1 aliphatic rings. The average Bonchev–Trinajstić information content (AvgIpc) is 3.07. The molecule has 0 unspecified atom stereocenters. The van der Waals surface area contributed by atoms with Crippen molar-refractivity contribution in [1.29, 1.82) is 0 Å². The molecule has 1 saturated heterocycles. The quantitative estimate of drug-likeness (QED) is 0.186. The summed E-state index contributed by atoms with van der Waals surface area (Å²) in [4.78, 5) is 11.9. The fourth-order valence-electron chi connectivity index (χ4n) is 3.47. The SMILES string of the molecule is CCCCCC=CCC=CCCCCCCCC(=O)O[C@H](CO)[C@H]1OC[C@H](O)[C@H]1O. The Morgan fingerprint density at radius 1 is 1.00 bits per heavy atom. The number of aliphatic hydroxyl groups is 3. The number of ether oxygens (including phenoxy) is 2. The van der Waals surface area contributed by atoms with Crippen LogP contribution in [0.3, 0.4) is 0 Å². The number of rotatable bonds is 17. The van der Waals surface area contributed by atoms with Crippen LogP contribution in [0, 0.1) is 0 Å². The van der Waals surface area contributed by atoms with Crippen molar-refractivity contribution in [2.24, 2.45) is 0 Å². The van der Waals surface area contributed by atoms with Crippen molar-refractivity contribution in [3.63, 3.8) is 0 Å². The zero-order chi connectivity index (χ0) is 22.0. The molecule has 1 fully saturated rings. The van der Waals surface area contributed by atoms with Crippen LogP contribution in [0.1, 0.15) is 84.0 Å². The molecule has 174 valence electrons. The molecule has 1 rings (SSSR count). The summed E-state index contributed by atoms with van der Waals surface area (Å²) in [5.74, 6) is -0.406. The molecule has 0 aliphatic carbocycles. The molecule has 4 atom stereocenters. The van der Waals surface area contributed by atoms with E-state index >= 15 is 0 Å². The lowest BCUT2D eigenvalue weighted by Gasteiger charge is -2.24. The first-order chi connectivity index (χ1) is 14.6. The highest BCUT2D eigenvalue weighted by Crippen LogP contribution is 2.20. The second-order valence-electron chi connectivity index (χ2n) is 8.05. The van der Waals surface area contributed by atoms with Gasteiger partial charge < -0.3 is 24.8 Å². The Balaban J connectivity index is 1.98. The summed E-state index contributed by atoms with van der Waals surface area (Å²) in [6.45, 7) is 1.76. The minimum Gasteiger partial charge on any atom is -0.457 e. The fraction of sp³-hybridized carbons (Fsp3) is 0.792. The molecule has 1 heterocycles. The number of hydrogen-bond acceptors (Lipinski definition) is 6. The van der Waals surface area contributed by atoms with Gasteiger partial charge in [-0.05, 0) is 38.5 Å². The van der Waals surface area contributed by atoms with Gasteiger partial charge in [-0.1, -0.05) is 63.3 Å². The minimum atomic E-state index is -1.15. The molecular weight excluding hydrogens is 384 g/mol. The van der Waals surface area contributed by atoms with Crippen LogP contribution in [0.2, 0.25) is 0 Å². The van der Waals surface area contributed by atoms with Gasteiger partial charge in [-0.25, -0.2) is 0 Å². The van der Waals surface area contributed by atoms with Crippen molar-refractivity contribution < 1.29 is 29.6 Å². The molecule has 30 heavy (non-hydrogen) atoms. The van der Waals surface area contributed by atoms with Crippen LogP contribution in [0.5, 0.6) is 0 Å². The van der Waals surface area contributed by atoms with Gasteiger partial charge in [0, 0.05) is 6.42 Å². The molecule has 0 spiro atoms. The molecule has 3 N–H and O–H groups in total. The zero-order valence-corrected chi connectivity index (χ0v) is 18.6. The highest BCUT2D eigenvalue weighted by Gasteiger charge is 2.41. The Kier molecular flexibility index (Phi) is 15.6. The number of carbonyl (C=O) groups excluding carboxylic acids is 1. The monoisotopic (exact) mass is 426 g/mol. The predicted molar refractivity (Wildman–Crippen MR) is 118 cm³/mol. The third kappa shape index (κ3) is 11.8. The Labute approximate surface area is 182 Å². The third-order valence-electron chi connectivity index (χ3n) is 5.35. The number of hydrogen-bond donors (Lipinski definition) is 3. The van der Waals surface area contributed by atoms with Gasteiger partial charge in [-0.2, -0.15) is 0 Å². The largest absolute Gasteiger partial charge is 0.457 e. The zero-order valence-electron chi connectivity index (χ0n) is 18.6. The van der Waals surface area contributed by atoms with Gasteiger partial charge in [0.15, 0.2) is 6.10 Å². The van der Waals surface area contributed by atoms with E-state index in [1.54, 1.807) is 0 Å². The predicted octanol–water partition coefficient (Wildman–Crippen LogP) is 3.82. The second kappa shape index (κ2) is 17.5. The molecule has 0 amide bonds. The third-order valence-corrected chi connectivity index (χ3v) is 5.35. The topological polar surface area (TPSA) is 96.2 Å². The molecule has 0 aromatic rings. The normalized spacial score (nSPS) is 22.9. The van der Waals surface area contributed by atoms with Crippen LogP contribution in [-0.2, 0) is 14.3 Å². The number of aliphatic hydroxyl groups excluding tert-OH is 3. The molecular formula is C24H42O6. The Bertz CT molecular complexity index is 490.